The minimum Gasteiger partial charge on any atom is -0.495 e. The first-order valence-corrected chi connectivity index (χ1v) is 9.69. The maximum absolute atomic E-state index is 12.4. The first-order valence-electron chi connectivity index (χ1n) is 7.83. The zero-order chi connectivity index (χ0) is 18.7. The fraction of sp³-hybridized carbons (Fsp3) is 0.167. The molecule has 3 aromatic rings. The SMILES string of the molecule is COc1ccc(S(=O)(=O)NCc2ccc(-n3ccnc3C)cc2)cc1Cl. The third kappa shape index (κ3) is 3.90. The number of sulfonamides is 1. The summed E-state index contributed by atoms with van der Waals surface area (Å²) >= 11 is 6.01. The van der Waals surface area contributed by atoms with Crippen LogP contribution < -0.4 is 9.46 Å². The molecule has 3 rings (SSSR count). The zero-order valence-corrected chi connectivity index (χ0v) is 15.9. The van der Waals surface area contributed by atoms with Crippen molar-refractivity contribution < 1.29 is 13.2 Å². The smallest absolute Gasteiger partial charge is 0.240 e. The Hall–Kier alpha value is -2.35. The molecule has 0 atom stereocenters. The number of hydrogen-bond donors (Lipinski definition) is 1. The molecule has 0 fully saturated rings. The van der Waals surface area contributed by atoms with Gasteiger partial charge in [0.25, 0.3) is 0 Å². The van der Waals surface area contributed by atoms with Crippen molar-refractivity contribution in [2.75, 3.05) is 7.11 Å². The quantitative estimate of drug-likeness (QED) is 0.699. The average molecular weight is 392 g/mol. The number of nitrogens with one attached hydrogen (secondary N) is 1. The summed E-state index contributed by atoms with van der Waals surface area (Å²) in [6.45, 7) is 2.09. The molecule has 1 aromatic heterocycles. The van der Waals surface area contributed by atoms with Crippen LogP contribution in [0.15, 0.2) is 59.8 Å². The van der Waals surface area contributed by atoms with Crippen LogP contribution in [0.1, 0.15) is 11.4 Å². The first-order chi connectivity index (χ1) is 12.4. The van der Waals surface area contributed by atoms with Crippen molar-refractivity contribution in [2.24, 2.45) is 0 Å². The van der Waals surface area contributed by atoms with E-state index in [9.17, 15) is 8.42 Å². The number of rotatable bonds is 6. The lowest BCUT2D eigenvalue weighted by atomic mass is 10.2. The van der Waals surface area contributed by atoms with E-state index in [1.54, 1.807) is 6.20 Å². The Morgan fingerprint density at radius 3 is 2.50 bits per heavy atom. The van der Waals surface area contributed by atoms with E-state index in [1.807, 2.05) is 42.0 Å². The second kappa shape index (κ2) is 7.49. The molecule has 0 amide bonds. The molecular weight excluding hydrogens is 374 g/mol. The van der Waals surface area contributed by atoms with Gasteiger partial charge in [-0.3, -0.25) is 0 Å². The summed E-state index contributed by atoms with van der Waals surface area (Å²) in [5, 5.41) is 0.246. The Balaban J connectivity index is 1.72. The number of aryl methyl sites for hydroxylation is 1. The highest BCUT2D eigenvalue weighted by Crippen LogP contribution is 2.26. The Morgan fingerprint density at radius 2 is 1.92 bits per heavy atom. The molecule has 0 spiro atoms. The van der Waals surface area contributed by atoms with E-state index < -0.39 is 10.0 Å². The summed E-state index contributed by atoms with van der Waals surface area (Å²) in [4.78, 5) is 4.28. The Labute approximate surface area is 157 Å². The summed E-state index contributed by atoms with van der Waals surface area (Å²) < 4.78 is 34.4. The van der Waals surface area contributed by atoms with E-state index in [4.69, 9.17) is 16.3 Å². The maximum atomic E-state index is 12.4. The zero-order valence-electron chi connectivity index (χ0n) is 14.3. The highest BCUT2D eigenvalue weighted by atomic mass is 35.5. The predicted molar refractivity (Wildman–Crippen MR) is 100 cm³/mol. The second-order valence-corrected chi connectivity index (χ2v) is 7.81. The molecule has 0 saturated carbocycles. The minimum absolute atomic E-state index is 0.0916. The van der Waals surface area contributed by atoms with E-state index in [0.29, 0.717) is 5.75 Å². The number of imidazole rings is 1. The number of halogens is 1. The normalized spacial score (nSPS) is 11.5. The fourth-order valence-electron chi connectivity index (χ4n) is 2.50. The van der Waals surface area contributed by atoms with Crippen LogP contribution in [-0.4, -0.2) is 25.1 Å². The summed E-state index contributed by atoms with van der Waals surface area (Å²) in [5.41, 5.74) is 1.81. The third-order valence-electron chi connectivity index (χ3n) is 3.94. The first kappa shape index (κ1) is 18.4. The monoisotopic (exact) mass is 391 g/mol. The molecule has 0 unspecified atom stereocenters. The van der Waals surface area contributed by atoms with Crippen LogP contribution in [0.2, 0.25) is 5.02 Å². The van der Waals surface area contributed by atoms with Crippen molar-refractivity contribution in [3.05, 3.63) is 71.3 Å². The number of hydrogen-bond acceptors (Lipinski definition) is 4. The van der Waals surface area contributed by atoms with Gasteiger partial charge >= 0.3 is 0 Å². The summed E-state index contributed by atoms with van der Waals surface area (Å²) in [6.07, 6.45) is 3.61. The lowest BCUT2D eigenvalue weighted by Gasteiger charge is -2.10. The van der Waals surface area contributed by atoms with Gasteiger partial charge in [0.15, 0.2) is 0 Å². The molecule has 6 nitrogen and oxygen atoms in total. The van der Waals surface area contributed by atoms with Gasteiger partial charge < -0.3 is 9.30 Å². The van der Waals surface area contributed by atoms with Gasteiger partial charge in [-0.1, -0.05) is 23.7 Å². The van der Waals surface area contributed by atoms with Crippen LogP contribution in [0.5, 0.6) is 5.75 Å². The lowest BCUT2D eigenvalue weighted by molar-refractivity contribution is 0.414. The lowest BCUT2D eigenvalue weighted by Crippen LogP contribution is -2.23. The van der Waals surface area contributed by atoms with Gasteiger partial charge in [0, 0.05) is 24.6 Å². The molecule has 1 N–H and O–H groups in total. The van der Waals surface area contributed by atoms with Gasteiger partial charge in [-0.2, -0.15) is 0 Å². The Kier molecular flexibility index (Phi) is 5.31. The standard InChI is InChI=1S/C18H18ClN3O3S/c1-13-20-9-10-22(13)15-5-3-14(4-6-15)12-21-26(23,24)16-7-8-18(25-2)17(19)11-16/h3-11,21H,12H2,1-2H3. The van der Waals surface area contributed by atoms with Crippen molar-refractivity contribution in [1.29, 1.82) is 0 Å². The van der Waals surface area contributed by atoms with Crippen LogP contribution in [0, 0.1) is 6.92 Å². The van der Waals surface area contributed by atoms with Gasteiger partial charge in [-0.15, -0.1) is 0 Å². The van der Waals surface area contributed by atoms with Crippen LogP contribution in [0.4, 0.5) is 0 Å². The van der Waals surface area contributed by atoms with Crippen LogP contribution in [-0.2, 0) is 16.6 Å². The van der Waals surface area contributed by atoms with Gasteiger partial charge in [0.05, 0.1) is 17.0 Å². The van der Waals surface area contributed by atoms with E-state index in [2.05, 4.69) is 9.71 Å². The summed E-state index contributed by atoms with van der Waals surface area (Å²) in [6, 6.07) is 11.9. The molecular formula is C18H18ClN3O3S. The van der Waals surface area contributed by atoms with Crippen LogP contribution in [0.3, 0.4) is 0 Å². The van der Waals surface area contributed by atoms with E-state index in [-0.39, 0.29) is 16.5 Å². The van der Waals surface area contributed by atoms with E-state index in [1.165, 1.54) is 25.3 Å². The molecule has 2 aromatic carbocycles. The molecule has 1 heterocycles. The molecule has 0 aliphatic carbocycles. The highest BCUT2D eigenvalue weighted by Gasteiger charge is 2.15. The van der Waals surface area contributed by atoms with Crippen molar-refractivity contribution in [3.63, 3.8) is 0 Å². The maximum Gasteiger partial charge on any atom is 0.240 e. The number of nitrogens with zero attached hydrogens (tertiary/aromatic N) is 2. The van der Waals surface area contributed by atoms with Gasteiger partial charge in [0.1, 0.15) is 11.6 Å². The predicted octanol–water partition coefficient (Wildman–Crippen LogP) is 3.32. The molecule has 0 aliphatic rings. The van der Waals surface area contributed by atoms with Crippen LogP contribution >= 0.6 is 11.6 Å². The number of ether oxygens (including phenoxy) is 1. The van der Waals surface area contributed by atoms with Gasteiger partial charge in [-0.05, 0) is 42.8 Å². The van der Waals surface area contributed by atoms with E-state index in [0.717, 1.165) is 17.1 Å². The molecule has 0 radical (unpaired) electrons. The Bertz CT molecular complexity index is 1010. The van der Waals surface area contributed by atoms with Crippen LogP contribution in [0.25, 0.3) is 5.69 Å². The molecule has 0 saturated heterocycles. The average Bonchev–Trinajstić information content (AvgIpc) is 3.06. The van der Waals surface area contributed by atoms with Crippen molar-refractivity contribution in [1.82, 2.24) is 14.3 Å². The molecule has 0 aliphatic heterocycles. The molecule has 8 heteroatoms. The largest absolute Gasteiger partial charge is 0.495 e. The highest BCUT2D eigenvalue weighted by molar-refractivity contribution is 7.89. The number of aromatic nitrogens is 2. The van der Waals surface area contributed by atoms with Gasteiger partial charge in [-0.25, -0.2) is 18.1 Å². The minimum atomic E-state index is -3.67. The molecule has 136 valence electrons. The number of benzene rings is 2. The summed E-state index contributed by atoms with van der Waals surface area (Å²) in [5.74, 6) is 1.31. The molecule has 0 bridgehead atoms. The van der Waals surface area contributed by atoms with Crippen molar-refractivity contribution in [3.8, 4) is 11.4 Å². The Morgan fingerprint density at radius 1 is 1.19 bits per heavy atom. The molecule has 26 heavy (non-hydrogen) atoms. The summed E-state index contributed by atoms with van der Waals surface area (Å²) in [7, 11) is -2.20. The van der Waals surface area contributed by atoms with Crippen molar-refractivity contribution >= 4 is 21.6 Å². The number of methoxy groups -OCH3 is 1. The van der Waals surface area contributed by atoms with Gasteiger partial charge in [0.2, 0.25) is 10.0 Å². The van der Waals surface area contributed by atoms with E-state index >= 15 is 0 Å². The second-order valence-electron chi connectivity index (χ2n) is 5.63. The third-order valence-corrected chi connectivity index (χ3v) is 5.63. The topological polar surface area (TPSA) is 73.2 Å². The van der Waals surface area contributed by atoms with Crippen molar-refractivity contribution in [2.45, 2.75) is 18.4 Å². The fourth-order valence-corrected chi connectivity index (χ4v) is 3.87.